The van der Waals surface area contributed by atoms with Crippen LogP contribution in [0.15, 0.2) is 0 Å². The normalized spacial score (nSPS) is 17.0. The summed E-state index contributed by atoms with van der Waals surface area (Å²) in [6, 6.07) is -4.35. The minimum absolute atomic E-state index is 0.107. The highest BCUT2D eigenvalue weighted by Gasteiger charge is 2.33. The summed E-state index contributed by atoms with van der Waals surface area (Å²) in [5.41, 5.74) is 5.67. The molecule has 0 aromatic heterocycles. The van der Waals surface area contributed by atoms with Crippen molar-refractivity contribution in [3.05, 3.63) is 0 Å². The van der Waals surface area contributed by atoms with E-state index in [0.29, 0.717) is 12.2 Å². The number of thiol groups is 1. The SMILES string of the molecule is CCC(C)C(NC(=O)C(N)CS)C(=O)NC(CCSC)C(=O)NC(C(=O)O)C(C)O. The minimum atomic E-state index is -1.51. The van der Waals surface area contributed by atoms with Crippen molar-refractivity contribution in [3.8, 4) is 0 Å². The number of carboxylic acids is 1. The van der Waals surface area contributed by atoms with E-state index in [1.165, 1.54) is 18.7 Å². The zero-order valence-electron chi connectivity index (χ0n) is 17.8. The van der Waals surface area contributed by atoms with Crippen LogP contribution in [0.5, 0.6) is 0 Å². The van der Waals surface area contributed by atoms with Crippen LogP contribution in [0.4, 0.5) is 0 Å². The molecule has 0 rings (SSSR count). The summed E-state index contributed by atoms with van der Waals surface area (Å²) in [6.07, 6.45) is 1.33. The van der Waals surface area contributed by atoms with Crippen molar-refractivity contribution in [3.63, 3.8) is 0 Å². The van der Waals surface area contributed by atoms with Gasteiger partial charge in [0.15, 0.2) is 6.04 Å². The number of carboxylic acid groups (broad SMARTS) is 1. The van der Waals surface area contributed by atoms with Gasteiger partial charge in [-0.05, 0) is 31.3 Å². The Morgan fingerprint density at radius 3 is 2.03 bits per heavy atom. The molecule has 0 saturated heterocycles. The molecular weight excluding hydrogens is 432 g/mol. The van der Waals surface area contributed by atoms with Gasteiger partial charge in [0.2, 0.25) is 17.7 Å². The first-order valence-electron chi connectivity index (χ1n) is 9.67. The van der Waals surface area contributed by atoms with Crippen LogP contribution in [-0.2, 0) is 19.2 Å². The van der Waals surface area contributed by atoms with Crippen LogP contribution < -0.4 is 21.7 Å². The summed E-state index contributed by atoms with van der Waals surface area (Å²) in [7, 11) is 0. The zero-order valence-corrected chi connectivity index (χ0v) is 19.5. The largest absolute Gasteiger partial charge is 0.480 e. The van der Waals surface area contributed by atoms with Crippen LogP contribution in [0, 0.1) is 5.92 Å². The molecular formula is C18H34N4O6S2. The van der Waals surface area contributed by atoms with E-state index in [2.05, 4.69) is 28.6 Å². The molecule has 0 radical (unpaired) electrons. The minimum Gasteiger partial charge on any atom is -0.480 e. The van der Waals surface area contributed by atoms with Crippen molar-refractivity contribution >= 4 is 48.1 Å². The molecule has 6 unspecified atom stereocenters. The summed E-state index contributed by atoms with van der Waals surface area (Å²) in [6.45, 7) is 4.88. The molecule has 0 bridgehead atoms. The van der Waals surface area contributed by atoms with Crippen LogP contribution in [0.1, 0.15) is 33.6 Å². The van der Waals surface area contributed by atoms with Gasteiger partial charge in [0.05, 0.1) is 12.1 Å². The van der Waals surface area contributed by atoms with Gasteiger partial charge in [0, 0.05) is 5.75 Å². The smallest absolute Gasteiger partial charge is 0.328 e. The lowest BCUT2D eigenvalue weighted by atomic mass is 9.97. The fourth-order valence-electron chi connectivity index (χ4n) is 2.45. The van der Waals surface area contributed by atoms with Gasteiger partial charge in [-0.2, -0.15) is 24.4 Å². The molecule has 6 atom stereocenters. The maximum absolute atomic E-state index is 12.9. The molecule has 0 saturated carbocycles. The number of aliphatic hydroxyl groups excluding tert-OH is 1. The molecule has 0 aliphatic carbocycles. The van der Waals surface area contributed by atoms with E-state index in [1.54, 1.807) is 6.92 Å². The van der Waals surface area contributed by atoms with Crippen molar-refractivity contribution in [1.29, 1.82) is 0 Å². The van der Waals surface area contributed by atoms with Gasteiger partial charge < -0.3 is 31.9 Å². The van der Waals surface area contributed by atoms with E-state index in [1.807, 2.05) is 13.2 Å². The number of nitrogens with one attached hydrogen (secondary N) is 3. The van der Waals surface area contributed by atoms with E-state index in [4.69, 9.17) is 10.8 Å². The van der Waals surface area contributed by atoms with Crippen LogP contribution in [-0.4, -0.2) is 81.9 Å². The molecule has 0 heterocycles. The molecule has 0 spiro atoms. The summed E-state index contributed by atoms with van der Waals surface area (Å²) in [4.78, 5) is 48.9. The Labute approximate surface area is 186 Å². The first-order chi connectivity index (χ1) is 14.0. The van der Waals surface area contributed by atoms with E-state index >= 15 is 0 Å². The highest BCUT2D eigenvalue weighted by Crippen LogP contribution is 2.10. The Morgan fingerprint density at radius 2 is 1.60 bits per heavy atom. The first kappa shape index (κ1) is 28.5. The maximum atomic E-state index is 12.9. The van der Waals surface area contributed by atoms with Crippen LogP contribution in [0.25, 0.3) is 0 Å². The Bertz CT molecular complexity index is 593. The third-order valence-corrected chi connectivity index (χ3v) is 5.65. The number of thioether (sulfide) groups is 1. The van der Waals surface area contributed by atoms with Gasteiger partial charge in [-0.25, -0.2) is 4.79 Å². The number of aliphatic hydroxyl groups is 1. The van der Waals surface area contributed by atoms with Gasteiger partial charge in [0.1, 0.15) is 12.1 Å². The topological polar surface area (TPSA) is 171 Å². The van der Waals surface area contributed by atoms with Gasteiger partial charge in [-0.3, -0.25) is 14.4 Å². The summed E-state index contributed by atoms with van der Waals surface area (Å²) in [5.74, 6) is -2.84. The second-order valence-corrected chi connectivity index (χ2v) is 8.42. The predicted octanol–water partition coefficient (Wildman–Crippen LogP) is -1.04. The molecule has 0 aliphatic rings. The standard InChI is InChI=1S/C18H34N4O6S2/c1-5-9(2)13(21-15(24)11(19)8-29)17(26)20-12(6-7-30-4)16(25)22-14(10(3)23)18(27)28/h9-14,23,29H,5-8,19H2,1-4H3,(H,20,26)(H,21,24)(H,22,25)(H,27,28). The molecule has 10 nitrogen and oxygen atoms in total. The Balaban J connectivity index is 5.46. The lowest BCUT2D eigenvalue weighted by Crippen LogP contribution is -2.59. The number of rotatable bonds is 14. The Kier molecular flexibility index (Phi) is 13.8. The highest BCUT2D eigenvalue weighted by molar-refractivity contribution is 7.98. The average molecular weight is 467 g/mol. The monoisotopic (exact) mass is 466 g/mol. The molecule has 0 aliphatic heterocycles. The third-order valence-electron chi connectivity index (χ3n) is 4.62. The van der Waals surface area contributed by atoms with E-state index < -0.39 is 54.0 Å². The molecule has 174 valence electrons. The van der Waals surface area contributed by atoms with E-state index in [9.17, 15) is 24.3 Å². The summed E-state index contributed by atoms with van der Waals surface area (Å²) >= 11 is 5.43. The fourth-order valence-corrected chi connectivity index (χ4v) is 3.09. The lowest BCUT2D eigenvalue weighted by molar-refractivity contribution is -0.145. The molecule has 30 heavy (non-hydrogen) atoms. The van der Waals surface area contributed by atoms with E-state index in [0.717, 1.165) is 0 Å². The van der Waals surface area contributed by atoms with Crippen molar-refractivity contribution in [2.45, 2.75) is 63.9 Å². The summed E-state index contributed by atoms with van der Waals surface area (Å²) < 4.78 is 0. The van der Waals surface area contributed by atoms with Gasteiger partial charge in [0.25, 0.3) is 0 Å². The molecule has 3 amide bonds. The van der Waals surface area contributed by atoms with Gasteiger partial charge in [-0.1, -0.05) is 20.3 Å². The number of carbonyl (C=O) groups excluding carboxylic acids is 3. The van der Waals surface area contributed by atoms with Crippen LogP contribution in [0.3, 0.4) is 0 Å². The van der Waals surface area contributed by atoms with Crippen molar-refractivity contribution < 1.29 is 29.4 Å². The predicted molar refractivity (Wildman–Crippen MR) is 119 cm³/mol. The lowest BCUT2D eigenvalue weighted by Gasteiger charge is -2.28. The number of hydrogen-bond acceptors (Lipinski definition) is 8. The van der Waals surface area contributed by atoms with Gasteiger partial charge >= 0.3 is 5.97 Å². The molecule has 0 aromatic rings. The number of carbonyl (C=O) groups is 4. The summed E-state index contributed by atoms with van der Waals surface area (Å²) in [5, 5.41) is 26.2. The molecule has 0 fully saturated rings. The van der Waals surface area contributed by atoms with Crippen molar-refractivity contribution in [1.82, 2.24) is 16.0 Å². The average Bonchev–Trinajstić information content (AvgIpc) is 2.70. The van der Waals surface area contributed by atoms with Crippen molar-refractivity contribution in [2.24, 2.45) is 11.7 Å². The first-order valence-corrected chi connectivity index (χ1v) is 11.7. The molecule has 0 aromatic carbocycles. The third kappa shape index (κ3) is 9.54. The number of amides is 3. The van der Waals surface area contributed by atoms with Crippen LogP contribution >= 0.6 is 24.4 Å². The van der Waals surface area contributed by atoms with Gasteiger partial charge in [-0.15, -0.1) is 0 Å². The quantitative estimate of drug-likeness (QED) is 0.159. The number of hydrogen-bond donors (Lipinski definition) is 7. The molecule has 12 heteroatoms. The Hall–Kier alpha value is -1.50. The van der Waals surface area contributed by atoms with Crippen LogP contribution in [0.2, 0.25) is 0 Å². The molecule has 7 N–H and O–H groups in total. The second kappa shape index (κ2) is 14.5. The number of nitrogens with two attached hydrogens (primary N) is 1. The van der Waals surface area contributed by atoms with Crippen molar-refractivity contribution in [2.75, 3.05) is 17.8 Å². The fraction of sp³-hybridized carbons (Fsp3) is 0.778. The maximum Gasteiger partial charge on any atom is 0.328 e. The number of aliphatic carboxylic acids is 1. The second-order valence-electron chi connectivity index (χ2n) is 7.07. The van der Waals surface area contributed by atoms with E-state index in [-0.39, 0.29) is 18.1 Å². The highest BCUT2D eigenvalue weighted by atomic mass is 32.2. The Morgan fingerprint density at radius 1 is 1.03 bits per heavy atom. The zero-order chi connectivity index (χ0) is 23.4.